The number of hydrogen-bond donors (Lipinski definition) is 2. The van der Waals surface area contributed by atoms with E-state index in [1.807, 2.05) is 11.6 Å². The predicted octanol–water partition coefficient (Wildman–Crippen LogP) is 2.36. The molecule has 0 fully saturated rings. The Kier molecular flexibility index (Phi) is 4.60. The van der Waals surface area contributed by atoms with E-state index in [-0.39, 0.29) is 0 Å². The lowest BCUT2D eigenvalue weighted by atomic mass is 10.4. The number of primary amides is 1. The summed E-state index contributed by atoms with van der Waals surface area (Å²) in [5, 5.41) is 1.92. The fraction of sp³-hybridized carbons (Fsp3) is 0.125. The molecule has 0 aliphatic heterocycles. The number of nitrogens with two attached hydrogens (primary N) is 1. The van der Waals surface area contributed by atoms with Crippen LogP contribution in [0.1, 0.15) is 15.4 Å². The van der Waals surface area contributed by atoms with Crippen molar-refractivity contribution in [3.63, 3.8) is 0 Å². The van der Waals surface area contributed by atoms with Gasteiger partial charge in [-0.15, -0.1) is 22.7 Å². The van der Waals surface area contributed by atoms with Gasteiger partial charge in [0.25, 0.3) is 5.91 Å². The van der Waals surface area contributed by atoms with Crippen LogP contribution in [0.2, 0.25) is 0 Å². The fourth-order valence-corrected chi connectivity index (χ4v) is 2.06. The summed E-state index contributed by atoms with van der Waals surface area (Å²) >= 11 is 7.52. The Bertz CT molecular complexity index is 468. The molecule has 0 saturated carbocycles. The normalized spacial score (nSPS) is 9.13. The van der Waals surface area contributed by atoms with E-state index in [4.69, 9.17) is 18.0 Å². The summed E-state index contributed by atoms with van der Waals surface area (Å²) in [6.45, 7) is 1.76. The highest BCUT2D eigenvalue weighted by Crippen LogP contribution is 2.09. The lowest BCUT2D eigenvalue weighted by Crippen LogP contribution is -2.09. The number of carbonyl (C=O) groups is 1. The Morgan fingerprint density at radius 1 is 1.60 bits per heavy atom. The molecule has 0 unspecified atom stereocenters. The van der Waals surface area contributed by atoms with Crippen molar-refractivity contribution < 1.29 is 4.79 Å². The van der Waals surface area contributed by atoms with E-state index in [1.165, 1.54) is 22.7 Å². The second-order valence-corrected chi connectivity index (χ2v) is 4.92. The van der Waals surface area contributed by atoms with Crippen LogP contribution in [0.25, 0.3) is 0 Å². The van der Waals surface area contributed by atoms with E-state index in [1.54, 1.807) is 12.4 Å². The first-order valence-corrected chi connectivity index (χ1v) is 6.10. The third-order valence-corrected chi connectivity index (χ3v) is 3.37. The number of rotatable bonds is 1. The number of aromatic amines is 1. The molecule has 80 valence electrons. The maximum absolute atomic E-state index is 10.5. The average molecular weight is 259 g/mol. The van der Waals surface area contributed by atoms with Gasteiger partial charge in [-0.25, -0.2) is 4.98 Å². The van der Waals surface area contributed by atoms with Gasteiger partial charge in [0, 0.05) is 11.6 Å². The fourth-order valence-electron chi connectivity index (χ4n) is 0.770. The minimum Gasteiger partial charge on any atom is -0.365 e. The Hall–Kier alpha value is -1.05. The zero-order chi connectivity index (χ0) is 11.3. The van der Waals surface area contributed by atoms with Crippen molar-refractivity contribution in [3.8, 4) is 0 Å². The van der Waals surface area contributed by atoms with Crippen LogP contribution >= 0.6 is 34.9 Å². The van der Waals surface area contributed by atoms with Crippen molar-refractivity contribution in [1.82, 2.24) is 9.97 Å². The summed E-state index contributed by atoms with van der Waals surface area (Å²) in [6.07, 6.45) is 1.83. The standard InChI is InChI=1S/C5H6N2OS.C3H3NS2/c1-3-4(5(6)8)9-2-7-3;5-3-4-1-2-6-3/h2H,1H3,(H2,6,8);1-2H,(H,4,5). The van der Waals surface area contributed by atoms with Gasteiger partial charge in [0.15, 0.2) is 3.95 Å². The summed E-state index contributed by atoms with van der Waals surface area (Å²) in [7, 11) is 0. The van der Waals surface area contributed by atoms with Crippen molar-refractivity contribution in [1.29, 1.82) is 0 Å². The number of aromatic nitrogens is 2. The number of aryl methyl sites for hydroxylation is 1. The Balaban J connectivity index is 0.000000162. The summed E-state index contributed by atoms with van der Waals surface area (Å²) in [5.41, 5.74) is 7.31. The Morgan fingerprint density at radius 2 is 2.33 bits per heavy atom. The molecule has 0 atom stereocenters. The second-order valence-electron chi connectivity index (χ2n) is 2.48. The molecule has 3 N–H and O–H groups in total. The molecule has 0 bridgehead atoms. The molecule has 2 aromatic rings. The number of H-pyrrole nitrogens is 1. The minimum atomic E-state index is -0.394. The maximum atomic E-state index is 10.5. The van der Waals surface area contributed by atoms with Gasteiger partial charge in [-0.05, 0) is 19.1 Å². The molecular weight excluding hydrogens is 250 g/mol. The van der Waals surface area contributed by atoms with E-state index in [9.17, 15) is 4.79 Å². The third-order valence-electron chi connectivity index (χ3n) is 1.41. The SMILES string of the molecule is Cc1ncsc1C(N)=O.S=c1[nH]ccs1. The van der Waals surface area contributed by atoms with E-state index < -0.39 is 5.91 Å². The Morgan fingerprint density at radius 3 is 2.53 bits per heavy atom. The molecule has 15 heavy (non-hydrogen) atoms. The smallest absolute Gasteiger partial charge is 0.260 e. The molecule has 2 rings (SSSR count). The molecule has 4 nitrogen and oxygen atoms in total. The van der Waals surface area contributed by atoms with Gasteiger partial charge in [-0.1, -0.05) is 0 Å². The zero-order valence-electron chi connectivity index (χ0n) is 7.89. The molecule has 7 heteroatoms. The molecule has 0 spiro atoms. The van der Waals surface area contributed by atoms with E-state index >= 15 is 0 Å². The monoisotopic (exact) mass is 259 g/mol. The van der Waals surface area contributed by atoms with Crippen molar-refractivity contribution in [2.24, 2.45) is 5.73 Å². The van der Waals surface area contributed by atoms with Gasteiger partial charge >= 0.3 is 0 Å². The van der Waals surface area contributed by atoms with Gasteiger partial charge in [0.05, 0.1) is 11.2 Å². The minimum absolute atomic E-state index is 0.394. The lowest BCUT2D eigenvalue weighted by Gasteiger charge is -1.85. The van der Waals surface area contributed by atoms with Crippen LogP contribution in [0.5, 0.6) is 0 Å². The first-order valence-electron chi connectivity index (χ1n) is 3.93. The molecule has 1 amide bonds. The average Bonchev–Trinajstić information content (AvgIpc) is 2.77. The molecule has 2 aromatic heterocycles. The first-order chi connectivity index (χ1) is 7.11. The predicted molar refractivity (Wildman–Crippen MR) is 64.9 cm³/mol. The van der Waals surface area contributed by atoms with Gasteiger partial charge in [-0.2, -0.15) is 0 Å². The van der Waals surface area contributed by atoms with Crippen LogP contribution in [-0.4, -0.2) is 15.9 Å². The van der Waals surface area contributed by atoms with Crippen LogP contribution in [-0.2, 0) is 0 Å². The Labute approximate surface area is 99.8 Å². The van der Waals surface area contributed by atoms with Gasteiger partial charge in [0.2, 0.25) is 0 Å². The second kappa shape index (κ2) is 5.74. The number of hydrogen-bond acceptors (Lipinski definition) is 5. The largest absolute Gasteiger partial charge is 0.365 e. The highest BCUT2D eigenvalue weighted by atomic mass is 32.1. The molecule has 0 aliphatic carbocycles. The number of nitrogens with one attached hydrogen (secondary N) is 1. The molecule has 0 aliphatic rings. The highest BCUT2D eigenvalue weighted by molar-refractivity contribution is 7.73. The lowest BCUT2D eigenvalue weighted by molar-refractivity contribution is 0.100. The van der Waals surface area contributed by atoms with Crippen LogP contribution in [0.4, 0.5) is 0 Å². The van der Waals surface area contributed by atoms with Crippen molar-refractivity contribution in [2.75, 3.05) is 0 Å². The number of nitrogens with zero attached hydrogens (tertiary/aromatic N) is 1. The quantitative estimate of drug-likeness (QED) is 0.772. The van der Waals surface area contributed by atoms with Crippen LogP contribution in [0, 0.1) is 10.9 Å². The van der Waals surface area contributed by atoms with Crippen LogP contribution < -0.4 is 5.73 Å². The van der Waals surface area contributed by atoms with E-state index in [2.05, 4.69) is 9.97 Å². The molecule has 0 saturated heterocycles. The maximum Gasteiger partial charge on any atom is 0.260 e. The topological polar surface area (TPSA) is 71.8 Å². The molecular formula is C8H9N3OS3. The third kappa shape index (κ3) is 3.90. The molecule has 2 heterocycles. The van der Waals surface area contributed by atoms with E-state index in [0.717, 1.165) is 3.95 Å². The van der Waals surface area contributed by atoms with E-state index in [0.29, 0.717) is 10.6 Å². The zero-order valence-corrected chi connectivity index (χ0v) is 10.3. The van der Waals surface area contributed by atoms with Crippen molar-refractivity contribution in [3.05, 3.63) is 31.6 Å². The number of thiazole rings is 2. The van der Waals surface area contributed by atoms with Gasteiger partial charge in [0.1, 0.15) is 4.88 Å². The van der Waals surface area contributed by atoms with Gasteiger partial charge in [-0.3, -0.25) is 4.79 Å². The molecule has 0 aromatic carbocycles. The summed E-state index contributed by atoms with van der Waals surface area (Å²) in [4.78, 5) is 17.7. The van der Waals surface area contributed by atoms with Crippen LogP contribution in [0.15, 0.2) is 17.1 Å². The summed E-state index contributed by atoms with van der Waals surface area (Å²) < 4.78 is 0.843. The van der Waals surface area contributed by atoms with Crippen LogP contribution in [0.3, 0.4) is 0 Å². The van der Waals surface area contributed by atoms with Crippen molar-refractivity contribution >= 4 is 40.8 Å². The first kappa shape index (κ1) is 12.0. The molecule has 0 radical (unpaired) electrons. The number of amides is 1. The summed E-state index contributed by atoms with van der Waals surface area (Å²) in [5.74, 6) is -0.394. The number of carbonyl (C=O) groups excluding carboxylic acids is 1. The van der Waals surface area contributed by atoms with Gasteiger partial charge < -0.3 is 10.7 Å². The van der Waals surface area contributed by atoms with Crippen molar-refractivity contribution in [2.45, 2.75) is 6.92 Å². The highest BCUT2D eigenvalue weighted by Gasteiger charge is 2.05. The summed E-state index contributed by atoms with van der Waals surface area (Å²) in [6, 6.07) is 0.